The highest BCUT2D eigenvalue weighted by Gasteiger charge is 2.24. The van der Waals surface area contributed by atoms with Crippen LogP contribution in [0.4, 0.5) is 5.82 Å². The van der Waals surface area contributed by atoms with Gasteiger partial charge < -0.3 is 24.4 Å². The van der Waals surface area contributed by atoms with Crippen molar-refractivity contribution in [2.45, 2.75) is 27.4 Å². The molecule has 0 aliphatic carbocycles. The lowest BCUT2D eigenvalue weighted by molar-refractivity contribution is -0.147. The number of esters is 2. The number of hydrogen-bond acceptors (Lipinski definition) is 10. The maximum atomic E-state index is 12.1. The zero-order valence-corrected chi connectivity index (χ0v) is 17.3. The Balaban J connectivity index is 1.63. The van der Waals surface area contributed by atoms with Crippen LogP contribution in [0.15, 0.2) is 28.7 Å². The average molecular weight is 427 g/mol. The maximum absolute atomic E-state index is 12.1. The predicted molar refractivity (Wildman–Crippen MR) is 109 cm³/mol. The summed E-state index contributed by atoms with van der Waals surface area (Å²) in [6.07, 6.45) is 0. The summed E-state index contributed by atoms with van der Waals surface area (Å²) in [4.78, 5) is 43.6. The summed E-state index contributed by atoms with van der Waals surface area (Å²) < 4.78 is 21.0. The summed E-state index contributed by atoms with van der Waals surface area (Å²) >= 11 is 0. The van der Waals surface area contributed by atoms with Gasteiger partial charge in [-0.15, -0.1) is 0 Å². The molecule has 0 unspecified atom stereocenters. The molecule has 1 aromatic carbocycles. The Morgan fingerprint density at radius 1 is 1.10 bits per heavy atom. The fourth-order valence-electron chi connectivity index (χ4n) is 2.81. The Labute approximate surface area is 177 Å². The molecule has 0 spiro atoms. The first-order valence-corrected chi connectivity index (χ1v) is 9.42. The van der Waals surface area contributed by atoms with Crippen molar-refractivity contribution in [3.8, 4) is 5.75 Å². The van der Waals surface area contributed by atoms with E-state index in [4.69, 9.17) is 24.4 Å². The number of anilines is 1. The van der Waals surface area contributed by atoms with Gasteiger partial charge in [-0.05, 0) is 45.0 Å². The Morgan fingerprint density at radius 2 is 1.81 bits per heavy atom. The van der Waals surface area contributed by atoms with Gasteiger partial charge in [-0.3, -0.25) is 4.79 Å². The monoisotopic (exact) mass is 427 g/mol. The molecule has 0 atom stereocenters. The standard InChI is InChI=1S/C21H21N3O7/c1-4-28-21(27)17-12(3)31-20-18(17)19(22)23-15(24-20)9-30-16(26)10-29-14-7-5-13(6-8-14)11(2)25/h5-8H,4,9-10H2,1-3H3,(H2,22,23,24). The van der Waals surface area contributed by atoms with Gasteiger partial charge in [0.05, 0.1) is 12.0 Å². The molecule has 2 heterocycles. The van der Waals surface area contributed by atoms with Crippen LogP contribution in [0.5, 0.6) is 5.75 Å². The predicted octanol–water partition coefficient (Wildman–Crippen LogP) is 2.61. The van der Waals surface area contributed by atoms with Crippen LogP contribution in [0.1, 0.15) is 46.1 Å². The van der Waals surface area contributed by atoms with Crippen molar-refractivity contribution < 1.29 is 33.0 Å². The molecule has 0 radical (unpaired) electrons. The summed E-state index contributed by atoms with van der Waals surface area (Å²) in [7, 11) is 0. The number of Topliss-reactive ketones (excluding diaryl/α,β-unsaturated/α-hetero) is 1. The molecule has 0 bridgehead atoms. The number of fused-ring (bicyclic) bond motifs is 1. The van der Waals surface area contributed by atoms with Crippen LogP contribution >= 0.6 is 0 Å². The quantitative estimate of drug-likeness (QED) is 0.421. The van der Waals surface area contributed by atoms with Crippen molar-refractivity contribution in [1.29, 1.82) is 0 Å². The average Bonchev–Trinajstić information content (AvgIpc) is 3.07. The van der Waals surface area contributed by atoms with E-state index in [9.17, 15) is 14.4 Å². The highest BCUT2D eigenvalue weighted by atomic mass is 16.6. The van der Waals surface area contributed by atoms with Crippen LogP contribution in [0.2, 0.25) is 0 Å². The highest BCUT2D eigenvalue weighted by molar-refractivity contribution is 6.07. The Morgan fingerprint density at radius 3 is 2.45 bits per heavy atom. The van der Waals surface area contributed by atoms with Crippen molar-refractivity contribution >= 4 is 34.6 Å². The third-order valence-electron chi connectivity index (χ3n) is 4.26. The molecule has 10 heteroatoms. The lowest BCUT2D eigenvalue weighted by atomic mass is 10.1. The minimum absolute atomic E-state index is 0.0118. The lowest BCUT2D eigenvalue weighted by Gasteiger charge is -2.07. The number of ether oxygens (including phenoxy) is 3. The highest BCUT2D eigenvalue weighted by Crippen LogP contribution is 2.29. The zero-order chi connectivity index (χ0) is 22.5. The van der Waals surface area contributed by atoms with Gasteiger partial charge >= 0.3 is 11.9 Å². The van der Waals surface area contributed by atoms with Crippen molar-refractivity contribution in [2.75, 3.05) is 18.9 Å². The summed E-state index contributed by atoms with van der Waals surface area (Å²) in [5.41, 5.74) is 6.78. The van der Waals surface area contributed by atoms with Gasteiger partial charge in [-0.1, -0.05) is 0 Å². The molecule has 31 heavy (non-hydrogen) atoms. The molecule has 0 saturated heterocycles. The molecule has 0 saturated carbocycles. The van der Waals surface area contributed by atoms with Gasteiger partial charge in [0.2, 0.25) is 5.71 Å². The smallest absolute Gasteiger partial charge is 0.344 e. The summed E-state index contributed by atoms with van der Waals surface area (Å²) in [5, 5.41) is 0.253. The number of aryl methyl sites for hydroxylation is 1. The molecular weight excluding hydrogens is 406 g/mol. The third kappa shape index (κ3) is 4.97. The zero-order valence-electron chi connectivity index (χ0n) is 17.3. The molecule has 10 nitrogen and oxygen atoms in total. The van der Waals surface area contributed by atoms with Crippen LogP contribution in [-0.2, 0) is 20.9 Å². The molecule has 2 N–H and O–H groups in total. The second-order valence-electron chi connectivity index (χ2n) is 6.49. The van der Waals surface area contributed by atoms with E-state index in [1.807, 2.05) is 0 Å². The van der Waals surface area contributed by atoms with Crippen LogP contribution in [-0.4, -0.2) is 40.9 Å². The largest absolute Gasteiger partial charge is 0.482 e. The van der Waals surface area contributed by atoms with E-state index in [-0.39, 0.29) is 53.9 Å². The van der Waals surface area contributed by atoms with Crippen molar-refractivity contribution in [2.24, 2.45) is 0 Å². The van der Waals surface area contributed by atoms with E-state index in [1.165, 1.54) is 6.92 Å². The first-order valence-electron chi connectivity index (χ1n) is 9.42. The van der Waals surface area contributed by atoms with Gasteiger partial charge in [0.25, 0.3) is 0 Å². The number of carbonyl (C=O) groups excluding carboxylic acids is 3. The van der Waals surface area contributed by atoms with Gasteiger partial charge in [0, 0.05) is 5.56 Å². The van der Waals surface area contributed by atoms with Crippen LogP contribution in [0.25, 0.3) is 11.1 Å². The normalized spacial score (nSPS) is 10.7. The molecule has 3 rings (SSSR count). The van der Waals surface area contributed by atoms with Crippen LogP contribution in [0, 0.1) is 6.92 Å². The minimum Gasteiger partial charge on any atom is -0.482 e. The Bertz CT molecular complexity index is 1140. The molecule has 0 fully saturated rings. The van der Waals surface area contributed by atoms with Crippen LogP contribution < -0.4 is 10.5 Å². The first-order chi connectivity index (χ1) is 14.8. The van der Waals surface area contributed by atoms with E-state index in [0.29, 0.717) is 17.1 Å². The minimum atomic E-state index is -0.652. The summed E-state index contributed by atoms with van der Waals surface area (Å²) in [5.74, 6) is -0.467. The van der Waals surface area contributed by atoms with Crippen molar-refractivity contribution in [3.05, 3.63) is 47.0 Å². The number of nitrogens with two attached hydrogens (primary N) is 1. The van der Waals surface area contributed by atoms with Gasteiger partial charge in [-0.25, -0.2) is 14.6 Å². The number of furan rings is 1. The van der Waals surface area contributed by atoms with Crippen molar-refractivity contribution in [3.63, 3.8) is 0 Å². The van der Waals surface area contributed by atoms with E-state index >= 15 is 0 Å². The molecule has 0 aliphatic heterocycles. The maximum Gasteiger partial charge on any atom is 0.344 e. The number of nitrogens with zero attached hydrogens (tertiary/aromatic N) is 2. The fourth-order valence-corrected chi connectivity index (χ4v) is 2.81. The van der Waals surface area contributed by atoms with E-state index in [0.717, 1.165) is 0 Å². The third-order valence-corrected chi connectivity index (χ3v) is 4.26. The van der Waals surface area contributed by atoms with E-state index in [2.05, 4.69) is 9.97 Å². The Kier molecular flexibility index (Phi) is 6.49. The second-order valence-corrected chi connectivity index (χ2v) is 6.49. The molecule has 0 aliphatic rings. The molecular formula is C21H21N3O7. The van der Waals surface area contributed by atoms with Crippen LogP contribution in [0.3, 0.4) is 0 Å². The Hall–Kier alpha value is -3.95. The number of nitrogen functional groups attached to an aromatic ring is 1. The molecule has 2 aromatic heterocycles. The van der Waals surface area contributed by atoms with Gasteiger partial charge in [0.15, 0.2) is 24.8 Å². The molecule has 3 aromatic rings. The first kappa shape index (κ1) is 21.8. The number of benzene rings is 1. The van der Waals surface area contributed by atoms with Crippen molar-refractivity contribution in [1.82, 2.24) is 9.97 Å². The number of rotatable bonds is 8. The number of aromatic nitrogens is 2. The topological polar surface area (TPSA) is 144 Å². The number of carbonyl (C=O) groups is 3. The molecule has 162 valence electrons. The number of ketones is 1. The van der Waals surface area contributed by atoms with E-state index < -0.39 is 11.9 Å². The number of hydrogen-bond donors (Lipinski definition) is 1. The summed E-state index contributed by atoms with van der Waals surface area (Å²) in [6.45, 7) is 4.33. The SMILES string of the molecule is CCOC(=O)c1c(C)oc2nc(COC(=O)COc3ccc(C(C)=O)cc3)nc(N)c12. The van der Waals surface area contributed by atoms with Gasteiger partial charge in [0.1, 0.15) is 22.9 Å². The summed E-state index contributed by atoms with van der Waals surface area (Å²) in [6, 6.07) is 6.37. The molecule has 0 amide bonds. The van der Waals surface area contributed by atoms with Gasteiger partial charge in [-0.2, -0.15) is 4.98 Å². The van der Waals surface area contributed by atoms with E-state index in [1.54, 1.807) is 38.1 Å². The second kappa shape index (κ2) is 9.24. The lowest BCUT2D eigenvalue weighted by Crippen LogP contribution is -2.16. The fraction of sp³-hybridized carbons (Fsp3) is 0.286.